The smallest absolute Gasteiger partial charge is 0.268 e. The molecule has 0 aliphatic heterocycles. The van der Waals surface area contributed by atoms with Gasteiger partial charge in [-0.1, -0.05) is 29.7 Å². The van der Waals surface area contributed by atoms with Gasteiger partial charge in [0, 0.05) is 17.8 Å². The Morgan fingerprint density at radius 1 is 1.18 bits per heavy atom. The monoisotopic (exact) mass is 332 g/mol. The first kappa shape index (κ1) is 15.0. The molecule has 0 saturated carbocycles. The van der Waals surface area contributed by atoms with E-state index >= 15 is 0 Å². The first-order valence-electron chi connectivity index (χ1n) is 7.12. The number of nitrogens with zero attached hydrogens (tertiary/aromatic N) is 1. The van der Waals surface area contributed by atoms with Crippen molar-refractivity contribution in [1.82, 2.24) is 9.27 Å². The van der Waals surface area contributed by atoms with Gasteiger partial charge >= 0.3 is 0 Å². The number of fused-ring (bicyclic) bond motifs is 1. The predicted octanol–water partition coefficient (Wildman–Crippen LogP) is 3.22. The summed E-state index contributed by atoms with van der Waals surface area (Å²) in [6.45, 7) is 1.17. The summed E-state index contributed by atoms with van der Waals surface area (Å²) in [7, 11) is 0. The van der Waals surface area contributed by atoms with E-state index in [1.54, 1.807) is 15.3 Å². The molecule has 3 rings (SSSR count). The van der Waals surface area contributed by atoms with Gasteiger partial charge in [0.25, 0.3) is 5.56 Å². The molecule has 1 amide bonds. The molecule has 4 nitrogen and oxygen atoms in total. The second-order valence-corrected chi connectivity index (χ2v) is 7.05. The van der Waals surface area contributed by atoms with E-state index in [4.69, 9.17) is 0 Å². The topological polar surface area (TPSA) is 51.1 Å². The van der Waals surface area contributed by atoms with E-state index in [0.717, 1.165) is 15.0 Å². The molecular formula is C16H16N2O2S2. The fourth-order valence-electron chi connectivity index (χ4n) is 2.24. The van der Waals surface area contributed by atoms with Crippen LogP contribution >= 0.6 is 22.9 Å². The van der Waals surface area contributed by atoms with Crippen molar-refractivity contribution >= 4 is 38.9 Å². The summed E-state index contributed by atoms with van der Waals surface area (Å²) in [4.78, 5) is 25.1. The SMILES string of the molecule is O=C(CCCn1sc2ccccc2c1=O)NCc1cccs1. The van der Waals surface area contributed by atoms with E-state index in [9.17, 15) is 9.59 Å². The Balaban J connectivity index is 1.50. The van der Waals surface area contributed by atoms with Gasteiger partial charge in [0.15, 0.2) is 0 Å². The van der Waals surface area contributed by atoms with Crippen LogP contribution in [0.3, 0.4) is 0 Å². The molecule has 0 bridgehead atoms. The maximum atomic E-state index is 12.2. The van der Waals surface area contributed by atoms with Gasteiger partial charge in [0.1, 0.15) is 0 Å². The molecule has 6 heteroatoms. The van der Waals surface area contributed by atoms with Crippen LogP contribution in [0.2, 0.25) is 0 Å². The Kier molecular flexibility index (Phi) is 4.70. The van der Waals surface area contributed by atoms with Gasteiger partial charge in [0.2, 0.25) is 5.91 Å². The highest BCUT2D eigenvalue weighted by atomic mass is 32.1. The minimum atomic E-state index is 0.0301. The summed E-state index contributed by atoms with van der Waals surface area (Å²) in [6.07, 6.45) is 1.11. The van der Waals surface area contributed by atoms with E-state index in [2.05, 4.69) is 5.32 Å². The number of nitrogens with one attached hydrogen (secondary N) is 1. The van der Waals surface area contributed by atoms with Gasteiger partial charge in [-0.25, -0.2) is 0 Å². The molecule has 0 spiro atoms. The standard InChI is InChI=1S/C16H16N2O2S2/c19-15(17-11-12-5-4-10-21-12)8-3-9-18-16(20)13-6-1-2-7-14(13)22-18/h1-2,4-7,10H,3,8-9,11H2,(H,17,19). The highest BCUT2D eigenvalue weighted by molar-refractivity contribution is 7.13. The van der Waals surface area contributed by atoms with Crippen LogP contribution in [-0.4, -0.2) is 9.86 Å². The average molecular weight is 332 g/mol. The van der Waals surface area contributed by atoms with Crippen molar-refractivity contribution in [2.75, 3.05) is 0 Å². The molecule has 0 atom stereocenters. The molecule has 0 aliphatic rings. The minimum Gasteiger partial charge on any atom is -0.351 e. The third-order valence-corrected chi connectivity index (χ3v) is 5.36. The Labute approximate surface area is 136 Å². The van der Waals surface area contributed by atoms with Crippen LogP contribution in [0, 0.1) is 0 Å². The van der Waals surface area contributed by atoms with E-state index in [1.807, 2.05) is 41.8 Å². The summed E-state index contributed by atoms with van der Waals surface area (Å²) in [5.74, 6) is 0.0301. The summed E-state index contributed by atoms with van der Waals surface area (Å²) in [5, 5.41) is 5.65. The quantitative estimate of drug-likeness (QED) is 0.753. The maximum Gasteiger partial charge on any atom is 0.268 e. The molecule has 2 aromatic heterocycles. The van der Waals surface area contributed by atoms with Crippen molar-refractivity contribution in [2.24, 2.45) is 0 Å². The number of aryl methyl sites for hydroxylation is 1. The highest BCUT2D eigenvalue weighted by Crippen LogP contribution is 2.16. The van der Waals surface area contributed by atoms with Gasteiger partial charge < -0.3 is 5.32 Å². The third-order valence-electron chi connectivity index (χ3n) is 3.36. The zero-order chi connectivity index (χ0) is 15.4. The molecule has 0 unspecified atom stereocenters. The van der Waals surface area contributed by atoms with Crippen LogP contribution in [0.15, 0.2) is 46.6 Å². The fourth-order valence-corrected chi connectivity index (χ4v) is 3.91. The van der Waals surface area contributed by atoms with Crippen molar-refractivity contribution < 1.29 is 4.79 Å². The lowest BCUT2D eigenvalue weighted by Crippen LogP contribution is -2.23. The van der Waals surface area contributed by atoms with Crippen LogP contribution in [0.5, 0.6) is 0 Å². The number of thiophene rings is 1. The number of aromatic nitrogens is 1. The first-order chi connectivity index (χ1) is 10.7. The molecule has 22 heavy (non-hydrogen) atoms. The highest BCUT2D eigenvalue weighted by Gasteiger charge is 2.07. The first-order valence-corrected chi connectivity index (χ1v) is 8.77. The largest absolute Gasteiger partial charge is 0.351 e. The van der Waals surface area contributed by atoms with Crippen molar-refractivity contribution in [1.29, 1.82) is 0 Å². The lowest BCUT2D eigenvalue weighted by molar-refractivity contribution is -0.121. The third kappa shape index (κ3) is 3.45. The van der Waals surface area contributed by atoms with Crippen LogP contribution in [0.25, 0.3) is 10.1 Å². The predicted molar refractivity (Wildman–Crippen MR) is 91.5 cm³/mol. The summed E-state index contributed by atoms with van der Waals surface area (Å²) in [6, 6.07) is 11.6. The van der Waals surface area contributed by atoms with Gasteiger partial charge in [-0.2, -0.15) is 0 Å². The number of carbonyl (C=O) groups excluding carboxylic acids is 1. The number of hydrogen-bond acceptors (Lipinski definition) is 4. The summed E-state index contributed by atoms with van der Waals surface area (Å²) in [5.41, 5.74) is 0.0413. The Morgan fingerprint density at radius 3 is 2.82 bits per heavy atom. The van der Waals surface area contributed by atoms with Crippen LogP contribution < -0.4 is 10.9 Å². The second-order valence-electron chi connectivity index (χ2n) is 4.95. The number of carbonyl (C=O) groups is 1. The Morgan fingerprint density at radius 2 is 2.05 bits per heavy atom. The normalized spacial score (nSPS) is 10.9. The molecule has 0 aliphatic carbocycles. The van der Waals surface area contributed by atoms with Gasteiger partial charge in [-0.3, -0.25) is 13.5 Å². The van der Waals surface area contributed by atoms with Crippen molar-refractivity contribution in [3.8, 4) is 0 Å². The average Bonchev–Trinajstić information content (AvgIpc) is 3.15. The van der Waals surface area contributed by atoms with E-state index in [-0.39, 0.29) is 11.5 Å². The van der Waals surface area contributed by atoms with E-state index in [1.165, 1.54) is 11.5 Å². The Bertz CT molecular complexity index is 818. The minimum absolute atomic E-state index is 0.0301. The zero-order valence-electron chi connectivity index (χ0n) is 12.0. The summed E-state index contributed by atoms with van der Waals surface area (Å²) < 4.78 is 2.73. The van der Waals surface area contributed by atoms with Crippen molar-refractivity contribution in [3.05, 3.63) is 57.0 Å². The van der Waals surface area contributed by atoms with Gasteiger partial charge in [0.05, 0.1) is 16.6 Å². The summed E-state index contributed by atoms with van der Waals surface area (Å²) >= 11 is 3.09. The molecule has 1 aromatic carbocycles. The molecule has 114 valence electrons. The molecule has 3 aromatic rings. The molecule has 0 saturated heterocycles. The number of hydrogen-bond donors (Lipinski definition) is 1. The molecule has 1 N–H and O–H groups in total. The number of amides is 1. The van der Waals surface area contributed by atoms with Crippen LogP contribution in [-0.2, 0) is 17.9 Å². The zero-order valence-corrected chi connectivity index (χ0v) is 13.6. The lowest BCUT2D eigenvalue weighted by atomic mass is 10.3. The second kappa shape index (κ2) is 6.89. The molecule has 0 fully saturated rings. The van der Waals surface area contributed by atoms with E-state index in [0.29, 0.717) is 25.9 Å². The number of benzene rings is 1. The number of rotatable bonds is 6. The van der Waals surface area contributed by atoms with Gasteiger partial charge in [-0.05, 0) is 30.0 Å². The maximum absolute atomic E-state index is 12.2. The van der Waals surface area contributed by atoms with Crippen molar-refractivity contribution in [2.45, 2.75) is 25.9 Å². The molecule has 2 heterocycles. The fraction of sp³-hybridized carbons (Fsp3) is 0.250. The molecule has 0 radical (unpaired) electrons. The van der Waals surface area contributed by atoms with Gasteiger partial charge in [-0.15, -0.1) is 11.3 Å². The van der Waals surface area contributed by atoms with E-state index < -0.39 is 0 Å². The lowest BCUT2D eigenvalue weighted by Gasteiger charge is -2.03. The van der Waals surface area contributed by atoms with Crippen LogP contribution in [0.1, 0.15) is 17.7 Å². The van der Waals surface area contributed by atoms with Crippen molar-refractivity contribution in [3.63, 3.8) is 0 Å². The Hall–Kier alpha value is -1.92. The van der Waals surface area contributed by atoms with Crippen LogP contribution in [0.4, 0.5) is 0 Å². The molecular weight excluding hydrogens is 316 g/mol.